The van der Waals surface area contributed by atoms with Crippen LogP contribution in [0.1, 0.15) is 22.7 Å². The van der Waals surface area contributed by atoms with Gasteiger partial charge in [-0.3, -0.25) is 0 Å². The summed E-state index contributed by atoms with van der Waals surface area (Å²) in [5.74, 6) is 0.750. The summed E-state index contributed by atoms with van der Waals surface area (Å²) in [5, 5.41) is 4.51. The number of allylic oxidation sites excluding steroid dienone is 1. The summed E-state index contributed by atoms with van der Waals surface area (Å²) in [6, 6.07) is 0. The second-order valence-corrected chi connectivity index (χ2v) is 5.02. The molecule has 1 N–H and O–H groups in total. The van der Waals surface area contributed by atoms with E-state index in [2.05, 4.69) is 29.4 Å². The Labute approximate surface area is 89.1 Å². The fraction of sp³-hybridized carbons (Fsp3) is 0.545. The molecule has 1 aromatic heterocycles. The molecule has 0 unspecified atom stereocenters. The van der Waals surface area contributed by atoms with E-state index in [1.807, 2.05) is 6.20 Å². The molecule has 0 spiro atoms. The zero-order chi connectivity index (χ0) is 9.80. The van der Waals surface area contributed by atoms with E-state index in [9.17, 15) is 0 Å². The van der Waals surface area contributed by atoms with Crippen molar-refractivity contribution in [1.82, 2.24) is 10.3 Å². The van der Waals surface area contributed by atoms with Crippen LogP contribution in [-0.4, -0.2) is 18.1 Å². The zero-order valence-corrected chi connectivity index (χ0v) is 9.31. The molecule has 0 aliphatic carbocycles. The van der Waals surface area contributed by atoms with Crippen LogP contribution in [0.15, 0.2) is 12.3 Å². The van der Waals surface area contributed by atoms with Crippen molar-refractivity contribution in [3.05, 3.63) is 22.2 Å². The van der Waals surface area contributed by atoms with E-state index < -0.39 is 0 Å². The van der Waals surface area contributed by atoms with Crippen molar-refractivity contribution >= 4 is 17.4 Å². The third-order valence-electron chi connectivity index (χ3n) is 2.53. The van der Waals surface area contributed by atoms with Crippen molar-refractivity contribution < 1.29 is 0 Å². The first-order valence-electron chi connectivity index (χ1n) is 5.16. The van der Waals surface area contributed by atoms with Crippen molar-refractivity contribution in [2.75, 3.05) is 13.1 Å². The van der Waals surface area contributed by atoms with Gasteiger partial charge in [0.15, 0.2) is 0 Å². The van der Waals surface area contributed by atoms with Crippen LogP contribution in [0.4, 0.5) is 0 Å². The van der Waals surface area contributed by atoms with Gasteiger partial charge in [0.1, 0.15) is 5.01 Å². The van der Waals surface area contributed by atoms with E-state index >= 15 is 0 Å². The van der Waals surface area contributed by atoms with E-state index in [-0.39, 0.29) is 0 Å². The Hall–Kier alpha value is -0.670. The smallest absolute Gasteiger partial charge is 0.115 e. The first-order chi connectivity index (χ1) is 6.84. The van der Waals surface area contributed by atoms with Gasteiger partial charge < -0.3 is 5.32 Å². The van der Waals surface area contributed by atoms with Crippen LogP contribution in [-0.2, 0) is 0 Å². The Morgan fingerprint density at radius 3 is 2.93 bits per heavy atom. The highest BCUT2D eigenvalue weighted by Crippen LogP contribution is 2.17. The molecule has 0 saturated carbocycles. The molecule has 1 aliphatic heterocycles. The molecule has 1 aromatic rings. The van der Waals surface area contributed by atoms with Crippen LogP contribution in [0.2, 0.25) is 0 Å². The molecule has 2 rings (SSSR count). The summed E-state index contributed by atoms with van der Waals surface area (Å²) in [6.45, 7) is 4.41. The lowest BCUT2D eigenvalue weighted by atomic mass is 9.98. The number of aryl methyl sites for hydroxylation is 1. The molecule has 0 amide bonds. The second-order valence-electron chi connectivity index (χ2n) is 3.76. The Morgan fingerprint density at radius 1 is 1.50 bits per heavy atom. The molecule has 0 aromatic carbocycles. The van der Waals surface area contributed by atoms with Crippen LogP contribution in [0.25, 0.3) is 6.08 Å². The van der Waals surface area contributed by atoms with Crippen molar-refractivity contribution in [1.29, 1.82) is 0 Å². The molecule has 0 bridgehead atoms. The van der Waals surface area contributed by atoms with Gasteiger partial charge in [-0.05, 0) is 44.8 Å². The topological polar surface area (TPSA) is 24.9 Å². The number of piperidine rings is 1. The standard InChI is InChI=1S/C11H16N2S/c1-9-8-13-11(14-9)3-2-10-4-6-12-7-5-10/h2-3,8,10,12H,4-7H2,1H3/b3-2+. The summed E-state index contributed by atoms with van der Waals surface area (Å²) in [6.07, 6.45) is 8.96. The fourth-order valence-corrected chi connectivity index (χ4v) is 2.39. The molecule has 2 nitrogen and oxygen atoms in total. The Morgan fingerprint density at radius 2 is 2.29 bits per heavy atom. The molecule has 76 valence electrons. The quantitative estimate of drug-likeness (QED) is 0.807. The maximum atomic E-state index is 4.32. The fourth-order valence-electron chi connectivity index (χ4n) is 1.70. The van der Waals surface area contributed by atoms with Gasteiger partial charge in [-0.1, -0.05) is 6.08 Å². The van der Waals surface area contributed by atoms with Crippen molar-refractivity contribution in [3.63, 3.8) is 0 Å². The van der Waals surface area contributed by atoms with E-state index in [0.29, 0.717) is 0 Å². The number of aromatic nitrogens is 1. The summed E-state index contributed by atoms with van der Waals surface area (Å²) < 4.78 is 0. The highest BCUT2D eigenvalue weighted by atomic mass is 32.1. The van der Waals surface area contributed by atoms with Gasteiger partial charge in [-0.15, -0.1) is 11.3 Å². The molecule has 1 fully saturated rings. The molecule has 1 aliphatic rings. The van der Waals surface area contributed by atoms with Crippen LogP contribution < -0.4 is 5.32 Å². The highest BCUT2D eigenvalue weighted by molar-refractivity contribution is 7.12. The normalized spacial score (nSPS) is 19.2. The lowest BCUT2D eigenvalue weighted by Gasteiger charge is -2.18. The van der Waals surface area contributed by atoms with Crippen LogP contribution >= 0.6 is 11.3 Å². The van der Waals surface area contributed by atoms with Crippen LogP contribution in [0.3, 0.4) is 0 Å². The SMILES string of the molecule is Cc1cnc(/C=C/C2CCNCC2)s1. The monoisotopic (exact) mass is 208 g/mol. The van der Waals surface area contributed by atoms with Crippen molar-refractivity contribution in [3.8, 4) is 0 Å². The maximum Gasteiger partial charge on any atom is 0.115 e. The van der Waals surface area contributed by atoms with Gasteiger partial charge in [-0.25, -0.2) is 4.98 Å². The van der Waals surface area contributed by atoms with Gasteiger partial charge >= 0.3 is 0 Å². The Kier molecular flexibility index (Phi) is 3.32. The Balaban J connectivity index is 1.92. The molecule has 1 saturated heterocycles. The third-order valence-corrected chi connectivity index (χ3v) is 3.41. The average molecular weight is 208 g/mol. The summed E-state index contributed by atoms with van der Waals surface area (Å²) in [5.41, 5.74) is 0. The molecule has 0 radical (unpaired) electrons. The maximum absolute atomic E-state index is 4.32. The second kappa shape index (κ2) is 4.71. The van der Waals surface area contributed by atoms with Crippen LogP contribution in [0, 0.1) is 12.8 Å². The van der Waals surface area contributed by atoms with Crippen LogP contribution in [0.5, 0.6) is 0 Å². The number of nitrogens with one attached hydrogen (secondary N) is 1. The largest absolute Gasteiger partial charge is 0.317 e. The minimum Gasteiger partial charge on any atom is -0.317 e. The van der Waals surface area contributed by atoms with Gasteiger partial charge in [0.05, 0.1) is 0 Å². The number of thiazole rings is 1. The van der Waals surface area contributed by atoms with Gasteiger partial charge in [0, 0.05) is 11.1 Å². The van der Waals surface area contributed by atoms with E-state index in [1.165, 1.54) is 17.7 Å². The number of hydrogen-bond acceptors (Lipinski definition) is 3. The molecule has 14 heavy (non-hydrogen) atoms. The van der Waals surface area contributed by atoms with E-state index in [0.717, 1.165) is 24.0 Å². The number of hydrogen-bond donors (Lipinski definition) is 1. The zero-order valence-electron chi connectivity index (χ0n) is 8.49. The molecular weight excluding hydrogens is 192 g/mol. The highest BCUT2D eigenvalue weighted by Gasteiger charge is 2.09. The predicted molar refractivity (Wildman–Crippen MR) is 61.5 cm³/mol. The van der Waals surface area contributed by atoms with Gasteiger partial charge in [0.2, 0.25) is 0 Å². The minimum atomic E-state index is 0.750. The van der Waals surface area contributed by atoms with Gasteiger partial charge in [0.25, 0.3) is 0 Å². The van der Waals surface area contributed by atoms with E-state index in [1.54, 1.807) is 11.3 Å². The van der Waals surface area contributed by atoms with E-state index in [4.69, 9.17) is 0 Å². The van der Waals surface area contributed by atoms with Crippen molar-refractivity contribution in [2.45, 2.75) is 19.8 Å². The summed E-state index contributed by atoms with van der Waals surface area (Å²) in [7, 11) is 0. The average Bonchev–Trinajstić information content (AvgIpc) is 2.63. The predicted octanol–water partition coefficient (Wildman–Crippen LogP) is 2.46. The molecule has 2 heterocycles. The summed E-state index contributed by atoms with van der Waals surface area (Å²) >= 11 is 1.76. The lowest BCUT2D eigenvalue weighted by molar-refractivity contribution is 0.438. The first kappa shape index (κ1) is 9.87. The molecule has 3 heteroatoms. The Bertz CT molecular complexity index is 311. The number of rotatable bonds is 2. The molecular formula is C11H16N2S. The first-order valence-corrected chi connectivity index (χ1v) is 5.97. The number of nitrogens with zero attached hydrogens (tertiary/aromatic N) is 1. The lowest BCUT2D eigenvalue weighted by Crippen LogP contribution is -2.26. The van der Waals surface area contributed by atoms with Crippen molar-refractivity contribution in [2.24, 2.45) is 5.92 Å². The summed E-state index contributed by atoms with van der Waals surface area (Å²) in [4.78, 5) is 5.60. The third kappa shape index (κ3) is 2.66. The molecule has 0 atom stereocenters. The van der Waals surface area contributed by atoms with Gasteiger partial charge in [-0.2, -0.15) is 0 Å². The minimum absolute atomic E-state index is 0.750.